The molecule has 1 N–H and O–H groups in total. The van der Waals surface area contributed by atoms with E-state index in [4.69, 9.17) is 0 Å². The molecule has 1 saturated heterocycles. The Bertz CT molecular complexity index is 675. The van der Waals surface area contributed by atoms with Gasteiger partial charge in [-0.2, -0.15) is 0 Å². The van der Waals surface area contributed by atoms with Crippen molar-refractivity contribution >= 4 is 17.2 Å². The van der Waals surface area contributed by atoms with Crippen molar-refractivity contribution < 1.29 is 4.79 Å². The van der Waals surface area contributed by atoms with Gasteiger partial charge in [0.1, 0.15) is 6.04 Å². The molecule has 0 bridgehead atoms. The molecule has 3 heterocycles. The zero-order valence-corrected chi connectivity index (χ0v) is 15.8. The Kier molecular flexibility index (Phi) is 6.15. The predicted molar refractivity (Wildman–Crippen MR) is 101 cm³/mol. The van der Waals surface area contributed by atoms with Crippen molar-refractivity contribution in [1.82, 2.24) is 20.2 Å². The maximum atomic E-state index is 12.8. The van der Waals surface area contributed by atoms with Crippen LogP contribution in [0.15, 0.2) is 24.5 Å². The van der Waals surface area contributed by atoms with Crippen LogP contribution < -0.4 is 5.32 Å². The lowest BCUT2D eigenvalue weighted by Gasteiger charge is -2.26. The van der Waals surface area contributed by atoms with Gasteiger partial charge in [0.15, 0.2) is 0 Å². The summed E-state index contributed by atoms with van der Waals surface area (Å²) in [6.07, 6.45) is 7.71. The second kappa shape index (κ2) is 8.54. The van der Waals surface area contributed by atoms with Gasteiger partial charge in [-0.15, -0.1) is 11.3 Å². The Morgan fingerprint density at radius 1 is 1.36 bits per heavy atom. The number of nitrogens with zero attached hydrogens (tertiary/aromatic N) is 3. The first kappa shape index (κ1) is 18.0. The van der Waals surface area contributed by atoms with E-state index < -0.39 is 0 Å². The number of carbonyl (C=O) groups excluding carboxylic acids is 1. The fourth-order valence-electron chi connectivity index (χ4n) is 3.26. The number of thiazole rings is 1. The number of hydrogen-bond acceptors (Lipinski definition) is 5. The molecular weight excluding hydrogens is 332 g/mol. The van der Waals surface area contributed by atoms with Crippen LogP contribution in [0.2, 0.25) is 0 Å². The molecule has 1 aliphatic heterocycles. The fourth-order valence-corrected chi connectivity index (χ4v) is 4.24. The van der Waals surface area contributed by atoms with E-state index in [0.717, 1.165) is 55.0 Å². The van der Waals surface area contributed by atoms with E-state index in [1.165, 1.54) is 4.88 Å². The van der Waals surface area contributed by atoms with Crippen molar-refractivity contribution in [1.29, 1.82) is 0 Å². The smallest absolute Gasteiger partial charge is 0.242 e. The van der Waals surface area contributed by atoms with E-state index in [1.54, 1.807) is 17.5 Å². The van der Waals surface area contributed by atoms with Gasteiger partial charge < -0.3 is 5.32 Å². The Morgan fingerprint density at radius 3 is 2.80 bits per heavy atom. The molecule has 5 nitrogen and oxygen atoms in total. The number of rotatable bonds is 7. The predicted octanol–water partition coefficient (Wildman–Crippen LogP) is 3.04. The molecule has 0 aromatic carbocycles. The summed E-state index contributed by atoms with van der Waals surface area (Å²) in [5, 5.41) is 4.28. The molecule has 1 atom stereocenters. The number of amides is 1. The summed E-state index contributed by atoms with van der Waals surface area (Å²) in [6.45, 7) is 6.79. The van der Waals surface area contributed by atoms with Gasteiger partial charge in [0.05, 0.1) is 10.7 Å². The zero-order valence-electron chi connectivity index (χ0n) is 15.0. The quantitative estimate of drug-likeness (QED) is 0.773. The van der Waals surface area contributed by atoms with Crippen LogP contribution in [-0.4, -0.2) is 40.4 Å². The van der Waals surface area contributed by atoms with Gasteiger partial charge in [0, 0.05) is 30.2 Å². The van der Waals surface area contributed by atoms with Gasteiger partial charge >= 0.3 is 0 Å². The minimum atomic E-state index is -0.222. The average Bonchev–Trinajstić information content (AvgIpc) is 3.24. The van der Waals surface area contributed by atoms with Crippen molar-refractivity contribution in [2.45, 2.75) is 45.6 Å². The molecule has 1 fully saturated rings. The van der Waals surface area contributed by atoms with Crippen LogP contribution in [0, 0.1) is 13.8 Å². The van der Waals surface area contributed by atoms with Crippen LogP contribution in [0.25, 0.3) is 0 Å². The Labute approximate surface area is 153 Å². The van der Waals surface area contributed by atoms with Crippen molar-refractivity contribution in [2.75, 3.05) is 19.6 Å². The molecule has 0 radical (unpaired) electrons. The minimum absolute atomic E-state index is 0.0846. The maximum absolute atomic E-state index is 12.8. The Balaban J connectivity index is 1.55. The number of pyridine rings is 1. The Morgan fingerprint density at radius 2 is 2.16 bits per heavy atom. The summed E-state index contributed by atoms with van der Waals surface area (Å²) in [5.41, 5.74) is 2.10. The van der Waals surface area contributed by atoms with E-state index in [-0.39, 0.29) is 11.9 Å². The van der Waals surface area contributed by atoms with Crippen LogP contribution in [0.3, 0.4) is 0 Å². The average molecular weight is 359 g/mol. The monoisotopic (exact) mass is 358 g/mol. The number of aryl methyl sites for hydroxylation is 3. The summed E-state index contributed by atoms with van der Waals surface area (Å²) in [7, 11) is 0. The first-order valence-corrected chi connectivity index (χ1v) is 9.81. The molecule has 6 heteroatoms. The van der Waals surface area contributed by atoms with Crippen LogP contribution in [-0.2, 0) is 11.2 Å². The second-order valence-corrected chi connectivity index (χ2v) is 7.86. The molecule has 0 spiro atoms. The summed E-state index contributed by atoms with van der Waals surface area (Å²) < 4.78 is 0. The highest BCUT2D eigenvalue weighted by Crippen LogP contribution is 2.25. The third kappa shape index (κ3) is 4.64. The second-order valence-electron chi connectivity index (χ2n) is 6.58. The summed E-state index contributed by atoms with van der Waals surface area (Å²) >= 11 is 1.76. The highest BCUT2D eigenvalue weighted by atomic mass is 32.1. The highest BCUT2D eigenvalue weighted by molar-refractivity contribution is 7.11. The van der Waals surface area contributed by atoms with Gasteiger partial charge in [-0.1, -0.05) is 6.07 Å². The van der Waals surface area contributed by atoms with Crippen LogP contribution in [0.5, 0.6) is 0 Å². The molecule has 1 aliphatic rings. The van der Waals surface area contributed by atoms with Crippen molar-refractivity contribution in [3.8, 4) is 0 Å². The SMILES string of the molecule is Cc1nc(CCCNC(=O)[C@H](c2cccnc2)N2CCCC2)sc1C. The van der Waals surface area contributed by atoms with Crippen LogP contribution in [0.4, 0.5) is 0 Å². The summed E-state index contributed by atoms with van der Waals surface area (Å²) in [4.78, 5) is 25.1. The maximum Gasteiger partial charge on any atom is 0.242 e. The van der Waals surface area contributed by atoms with Gasteiger partial charge in [0.25, 0.3) is 0 Å². The summed E-state index contributed by atoms with van der Waals surface area (Å²) in [5.74, 6) is 0.0846. The lowest BCUT2D eigenvalue weighted by molar-refractivity contribution is -0.126. The molecule has 2 aromatic heterocycles. The lowest BCUT2D eigenvalue weighted by atomic mass is 10.1. The summed E-state index contributed by atoms with van der Waals surface area (Å²) in [6, 6.07) is 3.68. The van der Waals surface area contributed by atoms with Gasteiger partial charge in [-0.25, -0.2) is 4.98 Å². The van der Waals surface area contributed by atoms with Gasteiger partial charge in [-0.3, -0.25) is 14.7 Å². The Hall–Kier alpha value is -1.79. The van der Waals surface area contributed by atoms with E-state index in [1.807, 2.05) is 25.3 Å². The molecule has 1 amide bonds. The lowest BCUT2D eigenvalue weighted by Crippen LogP contribution is -2.39. The normalized spacial score (nSPS) is 16.1. The minimum Gasteiger partial charge on any atom is -0.354 e. The molecule has 2 aromatic rings. The van der Waals surface area contributed by atoms with Crippen LogP contribution in [0.1, 0.15) is 46.4 Å². The van der Waals surface area contributed by atoms with Gasteiger partial charge in [0.2, 0.25) is 5.91 Å². The first-order chi connectivity index (χ1) is 12.1. The largest absolute Gasteiger partial charge is 0.354 e. The first-order valence-electron chi connectivity index (χ1n) is 9.00. The van der Waals surface area contributed by atoms with E-state index in [0.29, 0.717) is 6.54 Å². The molecule has 0 aliphatic carbocycles. The van der Waals surface area contributed by atoms with E-state index in [2.05, 4.69) is 27.1 Å². The standard InChI is InChI=1S/C19H26N4OS/c1-14-15(2)25-17(22-14)8-6-10-21-19(24)18(23-11-3-4-12-23)16-7-5-9-20-13-16/h5,7,9,13,18H,3-4,6,8,10-12H2,1-2H3,(H,21,24)/t18-/m0/s1. The van der Waals surface area contributed by atoms with Crippen LogP contribution >= 0.6 is 11.3 Å². The zero-order chi connectivity index (χ0) is 17.6. The number of likely N-dealkylation sites (tertiary alicyclic amines) is 1. The fraction of sp³-hybridized carbons (Fsp3) is 0.526. The van der Waals surface area contributed by atoms with Crippen molar-refractivity contribution in [3.05, 3.63) is 45.7 Å². The number of carbonyl (C=O) groups is 1. The molecule has 134 valence electrons. The molecule has 0 saturated carbocycles. The van der Waals surface area contributed by atoms with Crippen molar-refractivity contribution in [3.63, 3.8) is 0 Å². The van der Waals surface area contributed by atoms with E-state index >= 15 is 0 Å². The van der Waals surface area contributed by atoms with Crippen molar-refractivity contribution in [2.24, 2.45) is 0 Å². The third-order valence-corrected chi connectivity index (χ3v) is 5.83. The van der Waals surface area contributed by atoms with Gasteiger partial charge in [-0.05, 0) is 57.8 Å². The number of aromatic nitrogens is 2. The molecule has 0 unspecified atom stereocenters. The van der Waals surface area contributed by atoms with E-state index in [9.17, 15) is 4.79 Å². The number of nitrogens with one attached hydrogen (secondary N) is 1. The number of hydrogen-bond donors (Lipinski definition) is 1. The molecule has 25 heavy (non-hydrogen) atoms. The molecular formula is C19H26N4OS. The molecule has 3 rings (SSSR count). The highest BCUT2D eigenvalue weighted by Gasteiger charge is 2.29. The topological polar surface area (TPSA) is 58.1 Å². The third-order valence-electron chi connectivity index (χ3n) is 4.69.